The van der Waals surface area contributed by atoms with E-state index in [2.05, 4.69) is 15.0 Å². The molecule has 0 fully saturated rings. The third-order valence-corrected chi connectivity index (χ3v) is 3.85. The van der Waals surface area contributed by atoms with E-state index in [-0.39, 0.29) is 10.9 Å². The third kappa shape index (κ3) is 3.45. The Morgan fingerprint density at radius 3 is 2.78 bits per heavy atom. The van der Waals surface area contributed by atoms with Crippen molar-refractivity contribution in [2.75, 3.05) is 5.32 Å². The van der Waals surface area contributed by atoms with E-state index in [1.54, 1.807) is 6.92 Å². The summed E-state index contributed by atoms with van der Waals surface area (Å²) in [6.07, 6.45) is -3.36. The van der Waals surface area contributed by atoms with Gasteiger partial charge in [0.05, 0.1) is 22.0 Å². The fourth-order valence-electron chi connectivity index (χ4n) is 1.94. The van der Waals surface area contributed by atoms with Crippen molar-refractivity contribution in [3.8, 4) is 5.75 Å². The Labute approximate surface area is 131 Å². The molecule has 120 valence electrons. The number of aryl methyl sites for hydroxylation is 1. The Hall–Kier alpha value is -2.55. The van der Waals surface area contributed by atoms with Crippen molar-refractivity contribution in [1.29, 1.82) is 0 Å². The summed E-state index contributed by atoms with van der Waals surface area (Å²) < 4.78 is 46.0. The predicted octanol–water partition coefficient (Wildman–Crippen LogP) is 4.35. The molecule has 0 aliphatic rings. The SMILES string of the molecule is Cc1occc1C(=O)Nc1nc2ccc(OC(F)(F)F)cc2s1. The first kappa shape index (κ1) is 15.3. The lowest BCUT2D eigenvalue weighted by molar-refractivity contribution is -0.274. The Balaban J connectivity index is 1.83. The number of nitrogens with one attached hydrogen (secondary N) is 1. The molecule has 5 nitrogen and oxygen atoms in total. The van der Waals surface area contributed by atoms with Crippen LogP contribution in [0.25, 0.3) is 10.2 Å². The number of hydrogen-bond acceptors (Lipinski definition) is 5. The Morgan fingerprint density at radius 1 is 1.35 bits per heavy atom. The molecular formula is C14H9F3N2O3S. The van der Waals surface area contributed by atoms with Crippen molar-refractivity contribution in [3.63, 3.8) is 0 Å². The number of carbonyl (C=O) groups is 1. The van der Waals surface area contributed by atoms with E-state index in [1.807, 2.05) is 0 Å². The van der Waals surface area contributed by atoms with Crippen LogP contribution in [0.5, 0.6) is 5.75 Å². The molecule has 0 saturated carbocycles. The molecule has 1 N–H and O–H groups in total. The molecule has 0 spiro atoms. The van der Waals surface area contributed by atoms with Crippen molar-refractivity contribution in [2.45, 2.75) is 13.3 Å². The molecule has 0 unspecified atom stereocenters. The molecule has 1 amide bonds. The first-order chi connectivity index (χ1) is 10.8. The molecule has 0 aliphatic heterocycles. The number of thiazole rings is 1. The van der Waals surface area contributed by atoms with Gasteiger partial charge in [-0.2, -0.15) is 0 Å². The monoisotopic (exact) mass is 342 g/mol. The first-order valence-corrected chi connectivity index (χ1v) is 7.15. The average molecular weight is 342 g/mol. The minimum Gasteiger partial charge on any atom is -0.469 e. The van der Waals surface area contributed by atoms with E-state index >= 15 is 0 Å². The fourth-order valence-corrected chi connectivity index (χ4v) is 2.83. The van der Waals surface area contributed by atoms with Gasteiger partial charge in [0, 0.05) is 6.07 Å². The van der Waals surface area contributed by atoms with Crippen molar-refractivity contribution in [2.24, 2.45) is 0 Å². The standard InChI is InChI=1S/C14H9F3N2O3S/c1-7-9(4-5-21-7)12(20)19-13-18-10-3-2-8(6-11(10)23-13)22-14(15,16)17/h2-6H,1H3,(H,18,19,20). The van der Waals surface area contributed by atoms with Crippen LogP contribution in [0.1, 0.15) is 16.1 Å². The van der Waals surface area contributed by atoms with Crippen LogP contribution >= 0.6 is 11.3 Å². The first-order valence-electron chi connectivity index (χ1n) is 6.33. The van der Waals surface area contributed by atoms with E-state index in [0.717, 1.165) is 11.3 Å². The van der Waals surface area contributed by atoms with Gasteiger partial charge in [-0.05, 0) is 25.1 Å². The second-order valence-corrected chi connectivity index (χ2v) is 5.57. The number of nitrogens with zero attached hydrogens (tertiary/aromatic N) is 1. The molecule has 2 aromatic heterocycles. The summed E-state index contributed by atoms with van der Waals surface area (Å²) in [6, 6.07) is 5.31. The maximum Gasteiger partial charge on any atom is 0.573 e. The maximum atomic E-state index is 12.2. The second-order valence-electron chi connectivity index (χ2n) is 4.54. The predicted molar refractivity (Wildman–Crippen MR) is 77.7 cm³/mol. The largest absolute Gasteiger partial charge is 0.573 e. The highest BCUT2D eigenvalue weighted by Gasteiger charge is 2.31. The zero-order valence-corrected chi connectivity index (χ0v) is 12.4. The van der Waals surface area contributed by atoms with Crippen LogP contribution in [-0.4, -0.2) is 17.3 Å². The molecular weight excluding hydrogens is 333 g/mol. The summed E-state index contributed by atoms with van der Waals surface area (Å²) >= 11 is 1.05. The Bertz CT molecular complexity index is 870. The molecule has 1 aromatic carbocycles. The normalized spacial score (nSPS) is 11.7. The van der Waals surface area contributed by atoms with Gasteiger partial charge >= 0.3 is 6.36 Å². The van der Waals surface area contributed by atoms with E-state index in [0.29, 0.717) is 21.5 Å². The number of alkyl halides is 3. The van der Waals surface area contributed by atoms with Crippen LogP contribution in [0.15, 0.2) is 34.9 Å². The average Bonchev–Trinajstić information content (AvgIpc) is 3.01. The van der Waals surface area contributed by atoms with Gasteiger partial charge in [-0.1, -0.05) is 11.3 Å². The molecule has 0 aliphatic carbocycles. The Morgan fingerprint density at radius 2 is 2.13 bits per heavy atom. The Kier molecular flexibility index (Phi) is 3.72. The molecule has 0 bridgehead atoms. The van der Waals surface area contributed by atoms with Gasteiger partial charge < -0.3 is 9.15 Å². The van der Waals surface area contributed by atoms with Crippen LogP contribution in [0.2, 0.25) is 0 Å². The molecule has 0 radical (unpaired) electrons. The highest BCUT2D eigenvalue weighted by atomic mass is 32.1. The summed E-state index contributed by atoms with van der Waals surface area (Å²) in [5.41, 5.74) is 0.828. The second kappa shape index (κ2) is 5.58. The summed E-state index contributed by atoms with van der Waals surface area (Å²) in [5.74, 6) is -0.274. The smallest absolute Gasteiger partial charge is 0.469 e. The number of furan rings is 1. The number of ether oxygens (including phenoxy) is 1. The van der Waals surface area contributed by atoms with Crippen LogP contribution in [0.4, 0.5) is 18.3 Å². The van der Waals surface area contributed by atoms with Crippen molar-refractivity contribution < 1.29 is 27.1 Å². The lowest BCUT2D eigenvalue weighted by Gasteiger charge is -2.07. The zero-order chi connectivity index (χ0) is 16.6. The third-order valence-electron chi connectivity index (χ3n) is 2.92. The highest BCUT2D eigenvalue weighted by Crippen LogP contribution is 2.31. The maximum absolute atomic E-state index is 12.2. The molecule has 3 rings (SSSR count). The summed E-state index contributed by atoms with van der Waals surface area (Å²) in [5, 5.41) is 2.86. The molecule has 3 aromatic rings. The summed E-state index contributed by atoms with van der Waals surface area (Å²) in [4.78, 5) is 16.2. The van der Waals surface area contributed by atoms with Gasteiger partial charge in [-0.25, -0.2) is 4.98 Å². The highest BCUT2D eigenvalue weighted by molar-refractivity contribution is 7.22. The summed E-state index contributed by atoms with van der Waals surface area (Å²) in [6.45, 7) is 1.65. The number of benzene rings is 1. The van der Waals surface area contributed by atoms with Crippen molar-refractivity contribution >= 4 is 32.6 Å². The van der Waals surface area contributed by atoms with Crippen molar-refractivity contribution in [3.05, 3.63) is 41.9 Å². The lowest BCUT2D eigenvalue weighted by atomic mass is 10.2. The van der Waals surface area contributed by atoms with E-state index in [1.165, 1.54) is 30.5 Å². The van der Waals surface area contributed by atoms with Crippen LogP contribution < -0.4 is 10.1 Å². The van der Waals surface area contributed by atoms with Crippen molar-refractivity contribution in [1.82, 2.24) is 4.98 Å². The topological polar surface area (TPSA) is 64.4 Å². The van der Waals surface area contributed by atoms with Gasteiger partial charge in [0.2, 0.25) is 0 Å². The van der Waals surface area contributed by atoms with Crippen LogP contribution in [0, 0.1) is 6.92 Å². The lowest BCUT2D eigenvalue weighted by Crippen LogP contribution is -2.16. The van der Waals surface area contributed by atoms with Crippen LogP contribution in [0.3, 0.4) is 0 Å². The molecule has 0 atom stereocenters. The number of hydrogen-bond donors (Lipinski definition) is 1. The minimum absolute atomic E-state index is 0.273. The van der Waals surface area contributed by atoms with E-state index in [4.69, 9.17) is 4.42 Å². The van der Waals surface area contributed by atoms with Gasteiger partial charge in [0.1, 0.15) is 11.5 Å². The molecule has 2 heterocycles. The zero-order valence-electron chi connectivity index (χ0n) is 11.6. The van der Waals surface area contributed by atoms with E-state index in [9.17, 15) is 18.0 Å². The van der Waals surface area contributed by atoms with Crippen LogP contribution in [-0.2, 0) is 0 Å². The number of amides is 1. The number of aromatic nitrogens is 1. The van der Waals surface area contributed by atoms with Gasteiger partial charge in [-0.15, -0.1) is 13.2 Å². The van der Waals surface area contributed by atoms with Gasteiger partial charge in [-0.3, -0.25) is 10.1 Å². The van der Waals surface area contributed by atoms with Gasteiger partial charge in [0.15, 0.2) is 5.13 Å². The molecule has 0 saturated heterocycles. The molecule has 9 heteroatoms. The number of carbonyl (C=O) groups excluding carboxylic acids is 1. The minimum atomic E-state index is -4.76. The fraction of sp³-hybridized carbons (Fsp3) is 0.143. The number of halogens is 3. The number of anilines is 1. The number of rotatable bonds is 3. The van der Waals surface area contributed by atoms with Gasteiger partial charge in [0.25, 0.3) is 5.91 Å². The summed E-state index contributed by atoms with van der Waals surface area (Å²) in [7, 11) is 0. The number of fused-ring (bicyclic) bond motifs is 1. The van der Waals surface area contributed by atoms with E-state index < -0.39 is 12.3 Å². The molecule has 23 heavy (non-hydrogen) atoms. The quantitative estimate of drug-likeness (QED) is 0.769.